The fourth-order valence-corrected chi connectivity index (χ4v) is 3.07. The number of halogens is 1. The third-order valence-electron chi connectivity index (χ3n) is 2.37. The Kier molecular flexibility index (Phi) is 5.47. The van der Waals surface area contributed by atoms with E-state index in [4.69, 9.17) is 27.1 Å². The summed E-state index contributed by atoms with van der Waals surface area (Å²) in [6, 6.07) is 3.82. The van der Waals surface area contributed by atoms with Crippen LogP contribution >= 0.6 is 11.6 Å². The van der Waals surface area contributed by atoms with Crippen molar-refractivity contribution in [2.45, 2.75) is 17.4 Å². The molecule has 20 heavy (non-hydrogen) atoms. The molecule has 0 saturated heterocycles. The molecule has 1 rings (SSSR count). The smallest absolute Gasteiger partial charge is 0.321 e. The zero-order valence-corrected chi connectivity index (χ0v) is 11.6. The van der Waals surface area contributed by atoms with E-state index in [1.54, 1.807) is 6.07 Å². The van der Waals surface area contributed by atoms with Crippen molar-refractivity contribution < 1.29 is 23.4 Å². The van der Waals surface area contributed by atoms with Gasteiger partial charge in [-0.15, -0.1) is 0 Å². The quantitative estimate of drug-likeness (QED) is 0.693. The topological polar surface area (TPSA) is 127 Å². The monoisotopic (exact) mass is 318 g/mol. The molecule has 0 radical (unpaired) electrons. The molecule has 0 unspecified atom stereocenters. The number of nitriles is 1. The molecule has 0 spiro atoms. The molecule has 0 amide bonds. The minimum atomic E-state index is -4.24. The van der Waals surface area contributed by atoms with Crippen LogP contribution in [0.3, 0.4) is 0 Å². The molecular formula is C11H11ClN2O5S. The fourth-order valence-electron chi connectivity index (χ4n) is 1.42. The SMILES string of the molecule is N#Cc1ccc(Cl)cc1S(=O)(=O)N[C@H](CCO)C(=O)O. The van der Waals surface area contributed by atoms with Gasteiger partial charge in [-0.1, -0.05) is 11.6 Å². The lowest BCUT2D eigenvalue weighted by Gasteiger charge is -2.14. The number of carbonyl (C=O) groups is 1. The summed E-state index contributed by atoms with van der Waals surface area (Å²) < 4.78 is 26.1. The van der Waals surface area contributed by atoms with E-state index >= 15 is 0 Å². The molecule has 0 fully saturated rings. The van der Waals surface area contributed by atoms with Crippen LogP contribution in [0.5, 0.6) is 0 Å². The molecule has 1 aromatic rings. The van der Waals surface area contributed by atoms with Crippen LogP contribution in [0, 0.1) is 11.3 Å². The fraction of sp³-hybridized carbons (Fsp3) is 0.273. The molecule has 0 aliphatic carbocycles. The van der Waals surface area contributed by atoms with E-state index in [9.17, 15) is 13.2 Å². The minimum Gasteiger partial charge on any atom is -0.480 e. The summed E-state index contributed by atoms with van der Waals surface area (Å²) >= 11 is 5.68. The van der Waals surface area contributed by atoms with E-state index in [0.29, 0.717) is 0 Å². The van der Waals surface area contributed by atoms with Crippen molar-refractivity contribution in [2.24, 2.45) is 0 Å². The maximum absolute atomic E-state index is 12.1. The third-order valence-corrected chi connectivity index (χ3v) is 4.11. The van der Waals surface area contributed by atoms with Crippen molar-refractivity contribution in [3.8, 4) is 6.07 Å². The van der Waals surface area contributed by atoms with Gasteiger partial charge in [0.1, 0.15) is 17.0 Å². The van der Waals surface area contributed by atoms with Crippen LogP contribution in [0.15, 0.2) is 23.1 Å². The highest BCUT2D eigenvalue weighted by atomic mass is 35.5. The highest BCUT2D eigenvalue weighted by Crippen LogP contribution is 2.20. The van der Waals surface area contributed by atoms with Crippen LogP contribution in [0.1, 0.15) is 12.0 Å². The number of aliphatic carboxylic acids is 1. The Morgan fingerprint density at radius 1 is 1.50 bits per heavy atom. The number of carboxylic acid groups (broad SMARTS) is 1. The van der Waals surface area contributed by atoms with Gasteiger partial charge in [0.15, 0.2) is 0 Å². The number of carboxylic acids is 1. The number of benzene rings is 1. The van der Waals surface area contributed by atoms with E-state index in [0.717, 1.165) is 6.07 Å². The van der Waals surface area contributed by atoms with E-state index in [1.807, 2.05) is 4.72 Å². The molecule has 0 heterocycles. The van der Waals surface area contributed by atoms with Crippen molar-refractivity contribution in [2.75, 3.05) is 6.61 Å². The zero-order valence-electron chi connectivity index (χ0n) is 10.1. The molecule has 7 nitrogen and oxygen atoms in total. The Bertz CT molecular complexity index is 653. The van der Waals surface area contributed by atoms with Gasteiger partial charge in [-0.25, -0.2) is 8.42 Å². The van der Waals surface area contributed by atoms with Gasteiger partial charge in [0, 0.05) is 11.6 Å². The van der Waals surface area contributed by atoms with E-state index in [2.05, 4.69) is 0 Å². The first-order valence-corrected chi connectivity index (χ1v) is 7.23. The highest BCUT2D eigenvalue weighted by molar-refractivity contribution is 7.89. The number of nitrogens with one attached hydrogen (secondary N) is 1. The molecule has 1 atom stereocenters. The van der Waals surface area contributed by atoms with Crippen LogP contribution in [0.25, 0.3) is 0 Å². The summed E-state index contributed by atoms with van der Waals surface area (Å²) in [5.41, 5.74) is -0.157. The maximum atomic E-state index is 12.1. The summed E-state index contributed by atoms with van der Waals surface area (Å²) in [4.78, 5) is 10.5. The van der Waals surface area contributed by atoms with Crippen LogP contribution in [0.2, 0.25) is 5.02 Å². The molecule has 3 N–H and O–H groups in total. The number of sulfonamides is 1. The Morgan fingerprint density at radius 2 is 2.15 bits per heavy atom. The first kappa shape index (κ1) is 16.4. The number of nitrogens with zero attached hydrogens (tertiary/aromatic N) is 1. The summed E-state index contributed by atoms with van der Waals surface area (Å²) in [5.74, 6) is -1.43. The molecule has 1 aromatic carbocycles. The number of aliphatic hydroxyl groups is 1. The number of hydrogen-bond acceptors (Lipinski definition) is 5. The first-order chi connectivity index (χ1) is 9.31. The standard InChI is InChI=1S/C11H11ClN2O5S/c12-8-2-1-7(6-13)10(5-8)20(18,19)14-9(3-4-15)11(16)17/h1-2,5,9,14-15H,3-4H2,(H,16,17)/t9-/m1/s1. The second kappa shape index (κ2) is 6.67. The largest absolute Gasteiger partial charge is 0.480 e. The molecule has 0 aliphatic heterocycles. The number of aliphatic hydroxyl groups excluding tert-OH is 1. The van der Waals surface area contributed by atoms with Gasteiger partial charge in [0.05, 0.1) is 5.56 Å². The number of hydrogen-bond donors (Lipinski definition) is 3. The molecule has 0 aromatic heterocycles. The maximum Gasteiger partial charge on any atom is 0.321 e. The molecule has 9 heteroatoms. The third kappa shape index (κ3) is 3.91. The summed E-state index contributed by atoms with van der Waals surface area (Å²) in [6.07, 6.45) is -0.295. The lowest BCUT2D eigenvalue weighted by molar-refractivity contribution is -0.139. The second-order valence-corrected chi connectivity index (χ2v) is 5.90. The van der Waals surface area contributed by atoms with Gasteiger partial charge in [0.25, 0.3) is 0 Å². The Balaban J connectivity index is 3.20. The normalized spacial score (nSPS) is 12.7. The van der Waals surface area contributed by atoms with Gasteiger partial charge < -0.3 is 10.2 Å². The Labute approximate surface area is 120 Å². The van der Waals surface area contributed by atoms with Gasteiger partial charge >= 0.3 is 5.97 Å². The van der Waals surface area contributed by atoms with Crippen LogP contribution in [-0.4, -0.2) is 37.2 Å². The minimum absolute atomic E-state index is 0.0957. The van der Waals surface area contributed by atoms with Crippen molar-refractivity contribution in [1.29, 1.82) is 5.26 Å². The molecule has 108 valence electrons. The van der Waals surface area contributed by atoms with Crippen LogP contribution in [0.4, 0.5) is 0 Å². The van der Waals surface area contributed by atoms with Gasteiger partial charge in [-0.05, 0) is 24.6 Å². The van der Waals surface area contributed by atoms with Crippen molar-refractivity contribution in [3.63, 3.8) is 0 Å². The van der Waals surface area contributed by atoms with Gasteiger partial charge in [0.2, 0.25) is 10.0 Å². The average molecular weight is 319 g/mol. The summed E-state index contributed by atoms with van der Waals surface area (Å²) in [5, 5.41) is 26.6. The van der Waals surface area contributed by atoms with E-state index < -0.39 is 33.5 Å². The van der Waals surface area contributed by atoms with Crippen LogP contribution < -0.4 is 4.72 Å². The molecule has 0 aliphatic rings. The lowest BCUT2D eigenvalue weighted by atomic mass is 10.2. The Morgan fingerprint density at radius 3 is 2.65 bits per heavy atom. The van der Waals surface area contributed by atoms with Gasteiger partial charge in [-0.3, -0.25) is 4.79 Å². The molecule has 0 saturated carbocycles. The Hall–Kier alpha value is -1.66. The molecular weight excluding hydrogens is 308 g/mol. The van der Waals surface area contributed by atoms with E-state index in [-0.39, 0.29) is 17.0 Å². The second-order valence-electron chi connectivity index (χ2n) is 3.78. The van der Waals surface area contributed by atoms with Crippen molar-refractivity contribution >= 4 is 27.6 Å². The predicted octanol–water partition coefficient (Wildman–Crippen LogP) is 0.326. The van der Waals surface area contributed by atoms with Gasteiger partial charge in [-0.2, -0.15) is 9.98 Å². The summed E-state index contributed by atoms with van der Waals surface area (Å²) in [6.45, 7) is -0.500. The van der Waals surface area contributed by atoms with Crippen molar-refractivity contribution in [3.05, 3.63) is 28.8 Å². The average Bonchev–Trinajstić information content (AvgIpc) is 2.38. The first-order valence-electron chi connectivity index (χ1n) is 5.37. The summed E-state index contributed by atoms with van der Waals surface area (Å²) in [7, 11) is -4.24. The molecule has 0 bridgehead atoms. The van der Waals surface area contributed by atoms with Crippen LogP contribution in [-0.2, 0) is 14.8 Å². The highest BCUT2D eigenvalue weighted by Gasteiger charge is 2.27. The van der Waals surface area contributed by atoms with Crippen molar-refractivity contribution in [1.82, 2.24) is 4.72 Å². The number of rotatable bonds is 6. The lowest BCUT2D eigenvalue weighted by Crippen LogP contribution is -2.41. The van der Waals surface area contributed by atoms with E-state index in [1.165, 1.54) is 12.1 Å². The zero-order chi connectivity index (χ0) is 15.3. The predicted molar refractivity (Wildman–Crippen MR) is 69.6 cm³/mol.